The number of fused-ring (bicyclic) bond motifs is 6. The standard InChI is InChI=1S/C36H22O2/c37-35(31-13-5-1-9-27(31)28-10-2-6-14-32(28)35)23-21-25-17-19-26(20-18-25)22-24-36(38)33-15-7-3-11-29(33)30-12-4-8-16-34(30)36/h1-20,37-38H. The molecule has 0 aromatic heterocycles. The van der Waals surface area contributed by atoms with E-state index in [-0.39, 0.29) is 0 Å². The van der Waals surface area contributed by atoms with E-state index in [9.17, 15) is 10.2 Å². The van der Waals surface area contributed by atoms with Gasteiger partial charge in [0.1, 0.15) is 0 Å². The van der Waals surface area contributed by atoms with E-state index in [1.54, 1.807) is 0 Å². The zero-order chi connectivity index (χ0) is 25.7. The first kappa shape index (κ1) is 22.3. The van der Waals surface area contributed by atoms with Crippen molar-refractivity contribution in [2.75, 3.05) is 0 Å². The van der Waals surface area contributed by atoms with Gasteiger partial charge in [0.15, 0.2) is 11.2 Å². The number of benzene rings is 5. The highest BCUT2D eigenvalue weighted by atomic mass is 16.3. The van der Waals surface area contributed by atoms with Crippen molar-refractivity contribution >= 4 is 0 Å². The fraction of sp³-hybridized carbons (Fsp3) is 0.0556. The molecule has 0 saturated carbocycles. The van der Waals surface area contributed by atoms with Gasteiger partial charge in [0.2, 0.25) is 0 Å². The van der Waals surface area contributed by atoms with E-state index in [2.05, 4.69) is 23.7 Å². The summed E-state index contributed by atoms with van der Waals surface area (Å²) in [6.07, 6.45) is 0. The minimum absolute atomic E-state index is 0.779. The second-order valence-electron chi connectivity index (χ2n) is 9.68. The smallest absolute Gasteiger partial charge is 0.178 e. The van der Waals surface area contributed by atoms with E-state index >= 15 is 0 Å². The third-order valence-electron chi connectivity index (χ3n) is 7.51. The molecule has 0 aliphatic heterocycles. The van der Waals surface area contributed by atoms with Gasteiger partial charge in [-0.3, -0.25) is 0 Å². The minimum atomic E-state index is -1.36. The molecule has 0 heterocycles. The molecule has 0 spiro atoms. The minimum Gasteiger partial charge on any atom is -0.369 e. The molecule has 2 heteroatoms. The normalized spacial score (nSPS) is 14.6. The number of hydrogen-bond acceptors (Lipinski definition) is 2. The Balaban J connectivity index is 1.22. The molecule has 0 radical (unpaired) electrons. The third kappa shape index (κ3) is 3.26. The van der Waals surface area contributed by atoms with Crippen LogP contribution in [0, 0.1) is 23.7 Å². The fourth-order valence-electron chi connectivity index (χ4n) is 5.66. The Morgan fingerprint density at radius 2 is 0.632 bits per heavy atom. The highest BCUT2D eigenvalue weighted by molar-refractivity contribution is 5.83. The summed E-state index contributed by atoms with van der Waals surface area (Å²) in [6, 6.07) is 39.1. The molecule has 0 saturated heterocycles. The van der Waals surface area contributed by atoms with Crippen molar-refractivity contribution in [3.05, 3.63) is 155 Å². The Labute approximate surface area is 221 Å². The predicted octanol–water partition coefficient (Wildman–Crippen LogP) is 6.22. The molecule has 5 aromatic rings. The van der Waals surface area contributed by atoms with Gasteiger partial charge >= 0.3 is 0 Å². The van der Waals surface area contributed by atoms with Gasteiger partial charge in [-0.15, -0.1) is 0 Å². The SMILES string of the molecule is OC1(C#Cc2ccc(C#CC3(O)c4ccccc4-c4ccccc43)cc2)c2ccccc2-c2ccccc21. The lowest BCUT2D eigenvalue weighted by Crippen LogP contribution is -2.22. The highest BCUT2D eigenvalue weighted by Gasteiger charge is 2.41. The average Bonchev–Trinajstić information content (AvgIpc) is 3.39. The predicted molar refractivity (Wildman–Crippen MR) is 150 cm³/mol. The Kier molecular flexibility index (Phi) is 4.90. The van der Waals surface area contributed by atoms with Crippen molar-refractivity contribution < 1.29 is 10.2 Å². The van der Waals surface area contributed by atoms with Crippen molar-refractivity contribution in [2.45, 2.75) is 11.2 Å². The summed E-state index contributed by atoms with van der Waals surface area (Å²) >= 11 is 0. The van der Waals surface area contributed by atoms with Crippen LogP contribution in [0.4, 0.5) is 0 Å². The average molecular weight is 487 g/mol. The van der Waals surface area contributed by atoms with Crippen LogP contribution in [0.2, 0.25) is 0 Å². The summed E-state index contributed by atoms with van der Waals surface area (Å²) in [5.41, 5.74) is 6.11. The monoisotopic (exact) mass is 486 g/mol. The van der Waals surface area contributed by atoms with Gasteiger partial charge in [0, 0.05) is 33.4 Å². The largest absolute Gasteiger partial charge is 0.369 e. The van der Waals surface area contributed by atoms with E-state index < -0.39 is 11.2 Å². The van der Waals surface area contributed by atoms with Crippen molar-refractivity contribution in [3.63, 3.8) is 0 Å². The van der Waals surface area contributed by atoms with Gasteiger partial charge < -0.3 is 10.2 Å². The molecule has 2 aliphatic rings. The van der Waals surface area contributed by atoms with Crippen LogP contribution >= 0.6 is 0 Å². The third-order valence-corrected chi connectivity index (χ3v) is 7.51. The summed E-state index contributed by atoms with van der Waals surface area (Å²) in [4.78, 5) is 0. The van der Waals surface area contributed by atoms with E-state index in [1.807, 2.05) is 121 Å². The molecule has 5 aromatic carbocycles. The zero-order valence-electron chi connectivity index (χ0n) is 20.4. The molecule has 0 atom stereocenters. The molecule has 2 nitrogen and oxygen atoms in total. The highest BCUT2D eigenvalue weighted by Crippen LogP contribution is 2.48. The molecule has 2 aliphatic carbocycles. The van der Waals surface area contributed by atoms with Crippen molar-refractivity contribution in [2.24, 2.45) is 0 Å². The van der Waals surface area contributed by atoms with Crippen LogP contribution in [0.1, 0.15) is 33.4 Å². The summed E-state index contributed by atoms with van der Waals surface area (Å²) in [6.45, 7) is 0. The van der Waals surface area contributed by atoms with Crippen molar-refractivity contribution in [1.82, 2.24) is 0 Å². The topological polar surface area (TPSA) is 40.5 Å². The molecular formula is C36H22O2. The molecule has 0 amide bonds. The van der Waals surface area contributed by atoms with E-state index in [0.717, 1.165) is 55.6 Å². The van der Waals surface area contributed by atoms with Crippen LogP contribution < -0.4 is 0 Å². The van der Waals surface area contributed by atoms with Gasteiger partial charge in [0.05, 0.1) is 0 Å². The lowest BCUT2D eigenvalue weighted by Gasteiger charge is -2.19. The van der Waals surface area contributed by atoms with Gasteiger partial charge in [-0.25, -0.2) is 0 Å². The van der Waals surface area contributed by atoms with E-state index in [1.165, 1.54) is 0 Å². The molecule has 7 rings (SSSR count). The molecule has 0 unspecified atom stereocenters. The maximum atomic E-state index is 11.7. The first-order valence-corrected chi connectivity index (χ1v) is 12.6. The molecule has 0 fully saturated rings. The van der Waals surface area contributed by atoms with Crippen molar-refractivity contribution in [1.29, 1.82) is 0 Å². The number of hydrogen-bond donors (Lipinski definition) is 2. The first-order valence-electron chi connectivity index (χ1n) is 12.6. The van der Waals surface area contributed by atoms with Crippen LogP contribution in [0.25, 0.3) is 22.3 Å². The van der Waals surface area contributed by atoms with Crippen LogP contribution in [0.15, 0.2) is 121 Å². The van der Waals surface area contributed by atoms with Gasteiger partial charge in [-0.05, 0) is 46.5 Å². The second-order valence-corrected chi connectivity index (χ2v) is 9.68. The molecule has 2 N–H and O–H groups in total. The Morgan fingerprint density at radius 1 is 0.368 bits per heavy atom. The summed E-state index contributed by atoms with van der Waals surface area (Å²) in [7, 11) is 0. The Hall–Kier alpha value is -4.86. The lowest BCUT2D eigenvalue weighted by molar-refractivity contribution is 0.150. The quantitative estimate of drug-likeness (QED) is 0.255. The summed E-state index contributed by atoms with van der Waals surface area (Å²) in [5.74, 6) is 12.6. The number of rotatable bonds is 0. The van der Waals surface area contributed by atoms with Crippen molar-refractivity contribution in [3.8, 4) is 45.9 Å². The number of aliphatic hydroxyl groups is 2. The van der Waals surface area contributed by atoms with Gasteiger partial charge in [0.25, 0.3) is 0 Å². The molecule has 178 valence electrons. The van der Waals surface area contributed by atoms with E-state index in [4.69, 9.17) is 0 Å². The summed E-state index contributed by atoms with van der Waals surface area (Å²) < 4.78 is 0. The van der Waals surface area contributed by atoms with Gasteiger partial charge in [-0.1, -0.05) is 121 Å². The van der Waals surface area contributed by atoms with Crippen LogP contribution in [-0.2, 0) is 11.2 Å². The summed E-state index contributed by atoms with van der Waals surface area (Å²) in [5, 5.41) is 23.4. The first-order chi connectivity index (χ1) is 18.6. The maximum Gasteiger partial charge on any atom is 0.178 e. The Morgan fingerprint density at radius 3 is 0.921 bits per heavy atom. The molecule has 0 bridgehead atoms. The maximum absolute atomic E-state index is 11.7. The second kappa shape index (κ2) is 8.34. The lowest BCUT2D eigenvalue weighted by atomic mass is 9.91. The molecule has 38 heavy (non-hydrogen) atoms. The fourth-order valence-corrected chi connectivity index (χ4v) is 5.66. The molecular weight excluding hydrogens is 464 g/mol. The van der Waals surface area contributed by atoms with Crippen LogP contribution in [0.5, 0.6) is 0 Å². The van der Waals surface area contributed by atoms with Crippen LogP contribution in [-0.4, -0.2) is 10.2 Å². The zero-order valence-corrected chi connectivity index (χ0v) is 20.4. The van der Waals surface area contributed by atoms with E-state index in [0.29, 0.717) is 0 Å². The Bertz CT molecular complexity index is 1630. The van der Waals surface area contributed by atoms with Gasteiger partial charge in [-0.2, -0.15) is 0 Å². The van der Waals surface area contributed by atoms with Crippen LogP contribution in [0.3, 0.4) is 0 Å².